The maximum atomic E-state index is 11.7. The third-order valence-corrected chi connectivity index (χ3v) is 3.63. The van der Waals surface area contributed by atoms with Crippen molar-refractivity contribution in [1.82, 2.24) is 10.6 Å². The molecule has 0 aliphatic heterocycles. The summed E-state index contributed by atoms with van der Waals surface area (Å²) in [5.41, 5.74) is -0.421. The molecule has 0 saturated heterocycles. The van der Waals surface area contributed by atoms with E-state index in [9.17, 15) is 4.79 Å². The molecule has 0 spiro atoms. The molecule has 0 radical (unpaired) electrons. The molecule has 0 heterocycles. The van der Waals surface area contributed by atoms with E-state index in [2.05, 4.69) is 22.8 Å². The van der Waals surface area contributed by atoms with Crippen LogP contribution in [0.2, 0.25) is 0 Å². The molecule has 108 valence electrons. The number of alkyl carbamates (subject to hydrolysis) is 1. The number of nitrogens with one attached hydrogen (secondary N) is 2. The molecule has 1 amide bonds. The molecule has 2 unspecified atom stereocenters. The summed E-state index contributed by atoms with van der Waals surface area (Å²) in [6.07, 6.45) is 9.65. The second-order valence-corrected chi connectivity index (χ2v) is 6.66. The first-order valence-electron chi connectivity index (χ1n) is 7.33. The minimum absolute atomic E-state index is 0.252. The molecule has 2 rings (SSSR count). The van der Waals surface area contributed by atoms with Gasteiger partial charge in [0.15, 0.2) is 0 Å². The van der Waals surface area contributed by atoms with Crippen molar-refractivity contribution in [3.8, 4) is 0 Å². The Morgan fingerprint density at radius 1 is 1.11 bits per heavy atom. The van der Waals surface area contributed by atoms with Gasteiger partial charge in [-0.25, -0.2) is 4.79 Å². The summed E-state index contributed by atoms with van der Waals surface area (Å²) in [5, 5.41) is 6.65. The molecule has 2 N–H and O–H groups in total. The Balaban J connectivity index is 1.68. The fraction of sp³-hybridized carbons (Fsp3) is 0.800. The van der Waals surface area contributed by atoms with Gasteiger partial charge in [-0.3, -0.25) is 0 Å². The fourth-order valence-electron chi connectivity index (χ4n) is 2.82. The van der Waals surface area contributed by atoms with Gasteiger partial charge in [0.05, 0.1) is 0 Å². The smallest absolute Gasteiger partial charge is 0.407 e. The van der Waals surface area contributed by atoms with Gasteiger partial charge in [-0.2, -0.15) is 0 Å². The second-order valence-electron chi connectivity index (χ2n) is 6.66. The Hall–Kier alpha value is -1.03. The summed E-state index contributed by atoms with van der Waals surface area (Å²) in [7, 11) is 0. The van der Waals surface area contributed by atoms with Gasteiger partial charge in [0.1, 0.15) is 5.60 Å². The first-order chi connectivity index (χ1) is 8.92. The van der Waals surface area contributed by atoms with Crippen molar-refractivity contribution in [2.45, 2.75) is 76.6 Å². The van der Waals surface area contributed by atoms with Crippen LogP contribution in [0.5, 0.6) is 0 Å². The van der Waals surface area contributed by atoms with Crippen molar-refractivity contribution in [2.75, 3.05) is 0 Å². The lowest BCUT2D eigenvalue weighted by Gasteiger charge is -2.22. The number of carbonyl (C=O) groups is 1. The van der Waals surface area contributed by atoms with Crippen molar-refractivity contribution >= 4 is 6.09 Å². The summed E-state index contributed by atoms with van der Waals surface area (Å²) in [6, 6.07) is 1.39. The van der Waals surface area contributed by atoms with Crippen LogP contribution >= 0.6 is 0 Å². The highest BCUT2D eigenvalue weighted by molar-refractivity contribution is 5.68. The van der Waals surface area contributed by atoms with E-state index in [0.29, 0.717) is 12.1 Å². The van der Waals surface area contributed by atoms with Gasteiger partial charge in [0.2, 0.25) is 0 Å². The molecular formula is C15H26N2O2. The molecule has 19 heavy (non-hydrogen) atoms. The van der Waals surface area contributed by atoms with Gasteiger partial charge in [-0.05, 0) is 52.9 Å². The zero-order valence-electron chi connectivity index (χ0n) is 12.2. The molecule has 4 heteroatoms. The van der Waals surface area contributed by atoms with Crippen LogP contribution in [0.3, 0.4) is 0 Å². The Kier molecular flexibility index (Phi) is 4.50. The zero-order valence-corrected chi connectivity index (χ0v) is 12.2. The third kappa shape index (κ3) is 4.86. The molecule has 1 saturated carbocycles. The summed E-state index contributed by atoms with van der Waals surface area (Å²) in [4.78, 5) is 11.7. The van der Waals surface area contributed by atoms with Gasteiger partial charge in [0, 0.05) is 18.1 Å². The van der Waals surface area contributed by atoms with E-state index in [1.165, 1.54) is 0 Å². The molecule has 2 aliphatic carbocycles. The van der Waals surface area contributed by atoms with Crippen molar-refractivity contribution in [3.05, 3.63) is 12.2 Å². The fourth-order valence-corrected chi connectivity index (χ4v) is 2.82. The highest BCUT2D eigenvalue weighted by Crippen LogP contribution is 2.22. The van der Waals surface area contributed by atoms with Crippen LogP contribution in [0.25, 0.3) is 0 Å². The second kappa shape index (κ2) is 5.95. The monoisotopic (exact) mass is 266 g/mol. The number of rotatable bonds is 3. The molecular weight excluding hydrogens is 240 g/mol. The van der Waals surface area contributed by atoms with Crippen molar-refractivity contribution in [3.63, 3.8) is 0 Å². The zero-order chi connectivity index (χ0) is 13.9. The Bertz CT molecular complexity index is 339. The van der Waals surface area contributed by atoms with Crippen LogP contribution in [-0.4, -0.2) is 29.8 Å². The van der Waals surface area contributed by atoms with E-state index >= 15 is 0 Å². The van der Waals surface area contributed by atoms with Crippen LogP contribution in [0, 0.1) is 0 Å². The average molecular weight is 266 g/mol. The number of hydrogen-bond donors (Lipinski definition) is 2. The third-order valence-electron chi connectivity index (χ3n) is 3.63. The Morgan fingerprint density at radius 3 is 2.37 bits per heavy atom. The minimum atomic E-state index is -0.421. The average Bonchev–Trinajstić information content (AvgIpc) is 2.88. The van der Waals surface area contributed by atoms with Gasteiger partial charge in [-0.15, -0.1) is 0 Å². The first-order valence-corrected chi connectivity index (χ1v) is 7.33. The van der Waals surface area contributed by atoms with Crippen molar-refractivity contribution in [1.29, 1.82) is 0 Å². The lowest BCUT2D eigenvalue weighted by atomic mass is 10.1. The topological polar surface area (TPSA) is 50.4 Å². The molecule has 0 aromatic rings. The normalized spacial score (nSPS) is 27.7. The maximum absolute atomic E-state index is 11.7. The van der Waals surface area contributed by atoms with E-state index in [4.69, 9.17) is 4.74 Å². The highest BCUT2D eigenvalue weighted by atomic mass is 16.6. The molecule has 4 nitrogen and oxygen atoms in total. The van der Waals surface area contributed by atoms with E-state index in [0.717, 1.165) is 32.1 Å². The molecule has 1 fully saturated rings. The summed E-state index contributed by atoms with van der Waals surface area (Å²) in [6.45, 7) is 5.66. The summed E-state index contributed by atoms with van der Waals surface area (Å²) < 4.78 is 5.29. The van der Waals surface area contributed by atoms with Gasteiger partial charge in [0.25, 0.3) is 0 Å². The predicted octanol–water partition coefficient (Wildman–Crippen LogP) is 2.74. The quantitative estimate of drug-likeness (QED) is 0.772. The Labute approximate surface area is 116 Å². The molecule has 0 aromatic carbocycles. The van der Waals surface area contributed by atoms with E-state index in [1.54, 1.807) is 0 Å². The van der Waals surface area contributed by atoms with E-state index in [-0.39, 0.29) is 12.1 Å². The number of carbonyl (C=O) groups excluding carboxylic acids is 1. The number of hydrogen-bond acceptors (Lipinski definition) is 3. The number of amides is 1. The predicted molar refractivity (Wildman–Crippen MR) is 76.1 cm³/mol. The molecule has 2 atom stereocenters. The van der Waals surface area contributed by atoms with E-state index < -0.39 is 5.60 Å². The van der Waals surface area contributed by atoms with Crippen LogP contribution in [0.4, 0.5) is 4.79 Å². The van der Waals surface area contributed by atoms with Gasteiger partial charge >= 0.3 is 6.09 Å². The van der Waals surface area contributed by atoms with Crippen LogP contribution in [-0.2, 0) is 4.74 Å². The summed E-state index contributed by atoms with van der Waals surface area (Å²) in [5.74, 6) is 0. The van der Waals surface area contributed by atoms with Crippen molar-refractivity contribution < 1.29 is 9.53 Å². The standard InChI is InChI=1S/C15H26N2O2/c1-15(2,3)19-14(18)17-13-9-8-12(10-13)16-11-6-4-5-7-11/h4-5,11-13,16H,6-10H2,1-3H3,(H,17,18). The van der Waals surface area contributed by atoms with Crippen LogP contribution < -0.4 is 10.6 Å². The molecule has 2 aliphatic rings. The van der Waals surface area contributed by atoms with Crippen molar-refractivity contribution in [2.24, 2.45) is 0 Å². The van der Waals surface area contributed by atoms with Crippen LogP contribution in [0.1, 0.15) is 52.9 Å². The van der Waals surface area contributed by atoms with Gasteiger partial charge in [-0.1, -0.05) is 12.2 Å². The lowest BCUT2D eigenvalue weighted by molar-refractivity contribution is 0.0505. The SMILES string of the molecule is CC(C)(C)OC(=O)NC1CCC(NC2CC=CC2)C1. The lowest BCUT2D eigenvalue weighted by Crippen LogP contribution is -2.40. The summed E-state index contributed by atoms with van der Waals surface area (Å²) >= 11 is 0. The molecule has 0 bridgehead atoms. The van der Waals surface area contributed by atoms with Crippen LogP contribution in [0.15, 0.2) is 12.2 Å². The first kappa shape index (κ1) is 14.4. The minimum Gasteiger partial charge on any atom is -0.444 e. The van der Waals surface area contributed by atoms with Gasteiger partial charge < -0.3 is 15.4 Å². The maximum Gasteiger partial charge on any atom is 0.407 e. The Morgan fingerprint density at radius 2 is 1.74 bits per heavy atom. The highest BCUT2D eigenvalue weighted by Gasteiger charge is 2.28. The number of ether oxygens (including phenoxy) is 1. The largest absolute Gasteiger partial charge is 0.444 e. The molecule has 0 aromatic heterocycles. The van der Waals surface area contributed by atoms with E-state index in [1.807, 2.05) is 20.8 Å².